The summed E-state index contributed by atoms with van der Waals surface area (Å²) in [5.74, 6) is 0.640. The van der Waals surface area contributed by atoms with E-state index in [1.165, 1.54) is 0 Å². The number of nitrogens with zero attached hydrogens (tertiary/aromatic N) is 4. The summed E-state index contributed by atoms with van der Waals surface area (Å²) < 4.78 is 0. The molecule has 2 aromatic heterocycles. The molecule has 0 radical (unpaired) electrons. The van der Waals surface area contributed by atoms with Crippen LogP contribution >= 0.6 is 0 Å². The standard InChI is InChI=1S/C18H17N5O/c24-18-15-12-23(11-14-10-19-7-8-20-14)9-6-16(15)21-17(22-18)13-4-2-1-3-5-13/h1-5,7-8,10H,6,9,11-12H2,(H,21,22,24). The molecule has 3 heterocycles. The van der Waals surface area contributed by atoms with Gasteiger partial charge in [0.15, 0.2) is 0 Å². The van der Waals surface area contributed by atoms with Crippen molar-refractivity contribution in [1.29, 1.82) is 0 Å². The Balaban J connectivity index is 1.60. The number of hydrogen-bond acceptors (Lipinski definition) is 5. The van der Waals surface area contributed by atoms with Crippen LogP contribution in [0.2, 0.25) is 0 Å². The second-order valence-corrected chi connectivity index (χ2v) is 5.86. The molecule has 0 saturated carbocycles. The first-order chi connectivity index (χ1) is 11.8. The van der Waals surface area contributed by atoms with Crippen molar-refractivity contribution in [3.8, 4) is 11.4 Å². The van der Waals surface area contributed by atoms with E-state index in [0.29, 0.717) is 18.9 Å². The SMILES string of the molecule is O=c1[nH]c(-c2ccccc2)nc2c1CN(Cc1cnccn1)CC2. The van der Waals surface area contributed by atoms with Crippen LogP contribution in [0.15, 0.2) is 53.7 Å². The van der Waals surface area contributed by atoms with Gasteiger partial charge >= 0.3 is 0 Å². The third-order valence-electron chi connectivity index (χ3n) is 4.20. The van der Waals surface area contributed by atoms with Gasteiger partial charge in [-0.2, -0.15) is 0 Å². The minimum Gasteiger partial charge on any atom is -0.306 e. The van der Waals surface area contributed by atoms with Gasteiger partial charge in [0.2, 0.25) is 0 Å². The highest BCUT2D eigenvalue weighted by atomic mass is 16.1. The Kier molecular flexibility index (Phi) is 3.88. The molecule has 1 N–H and O–H groups in total. The lowest BCUT2D eigenvalue weighted by Gasteiger charge is -2.27. The average Bonchev–Trinajstić information content (AvgIpc) is 2.64. The highest BCUT2D eigenvalue weighted by Gasteiger charge is 2.21. The Morgan fingerprint density at radius 1 is 1.17 bits per heavy atom. The Hall–Kier alpha value is -2.86. The lowest BCUT2D eigenvalue weighted by atomic mass is 10.1. The van der Waals surface area contributed by atoms with Gasteiger partial charge in [0.25, 0.3) is 5.56 Å². The van der Waals surface area contributed by atoms with Crippen LogP contribution in [0.1, 0.15) is 17.0 Å². The van der Waals surface area contributed by atoms with E-state index >= 15 is 0 Å². The summed E-state index contributed by atoms with van der Waals surface area (Å²) in [5.41, 5.74) is 3.44. The van der Waals surface area contributed by atoms with Gasteiger partial charge in [-0.05, 0) is 0 Å². The van der Waals surface area contributed by atoms with Crippen molar-refractivity contribution in [2.75, 3.05) is 6.54 Å². The number of benzene rings is 1. The van der Waals surface area contributed by atoms with Crippen LogP contribution in [-0.4, -0.2) is 31.4 Å². The fraction of sp³-hybridized carbons (Fsp3) is 0.222. The molecule has 24 heavy (non-hydrogen) atoms. The number of nitrogens with one attached hydrogen (secondary N) is 1. The molecule has 0 atom stereocenters. The van der Waals surface area contributed by atoms with E-state index < -0.39 is 0 Å². The quantitative estimate of drug-likeness (QED) is 0.796. The van der Waals surface area contributed by atoms with Gasteiger partial charge in [0, 0.05) is 50.2 Å². The second-order valence-electron chi connectivity index (χ2n) is 5.86. The zero-order valence-corrected chi connectivity index (χ0v) is 13.1. The summed E-state index contributed by atoms with van der Waals surface area (Å²) in [6.45, 7) is 2.13. The fourth-order valence-electron chi connectivity index (χ4n) is 2.99. The van der Waals surface area contributed by atoms with E-state index in [4.69, 9.17) is 0 Å². The average molecular weight is 319 g/mol. The lowest BCUT2D eigenvalue weighted by Crippen LogP contribution is -2.35. The zero-order chi connectivity index (χ0) is 16.4. The molecular weight excluding hydrogens is 302 g/mol. The smallest absolute Gasteiger partial charge is 0.255 e. The first kappa shape index (κ1) is 14.7. The molecule has 6 nitrogen and oxygen atoms in total. The molecule has 1 aliphatic rings. The van der Waals surface area contributed by atoms with Crippen molar-refractivity contribution in [3.05, 3.63) is 76.2 Å². The molecular formula is C18H17N5O. The maximum Gasteiger partial charge on any atom is 0.255 e. The molecule has 120 valence electrons. The van der Waals surface area contributed by atoms with Crippen molar-refractivity contribution >= 4 is 0 Å². The molecule has 0 aliphatic carbocycles. The summed E-state index contributed by atoms with van der Waals surface area (Å²) in [5, 5.41) is 0. The van der Waals surface area contributed by atoms with Crippen molar-refractivity contribution in [2.24, 2.45) is 0 Å². The maximum atomic E-state index is 12.5. The molecule has 6 heteroatoms. The Labute approximate surface area is 139 Å². The van der Waals surface area contributed by atoms with E-state index in [-0.39, 0.29) is 5.56 Å². The van der Waals surface area contributed by atoms with Gasteiger partial charge in [-0.3, -0.25) is 19.7 Å². The first-order valence-electron chi connectivity index (χ1n) is 7.94. The van der Waals surface area contributed by atoms with E-state index in [9.17, 15) is 4.79 Å². The Morgan fingerprint density at radius 3 is 2.83 bits per heavy atom. The Morgan fingerprint density at radius 2 is 2.04 bits per heavy atom. The molecule has 0 bridgehead atoms. The fourth-order valence-corrected chi connectivity index (χ4v) is 2.99. The van der Waals surface area contributed by atoms with Crippen LogP contribution in [-0.2, 0) is 19.5 Å². The number of aromatic amines is 1. The lowest BCUT2D eigenvalue weighted by molar-refractivity contribution is 0.238. The van der Waals surface area contributed by atoms with Crippen LogP contribution in [0, 0.1) is 0 Å². The number of aromatic nitrogens is 4. The summed E-state index contributed by atoms with van der Waals surface area (Å²) in [6, 6.07) is 9.74. The monoisotopic (exact) mass is 319 g/mol. The molecule has 0 saturated heterocycles. The van der Waals surface area contributed by atoms with Gasteiger partial charge in [0.05, 0.1) is 17.0 Å². The first-order valence-corrected chi connectivity index (χ1v) is 7.94. The predicted octanol–water partition coefficient (Wildman–Crippen LogP) is 1.79. The third kappa shape index (κ3) is 2.96. The van der Waals surface area contributed by atoms with Crippen LogP contribution in [0.25, 0.3) is 11.4 Å². The van der Waals surface area contributed by atoms with Gasteiger partial charge < -0.3 is 4.98 Å². The molecule has 1 aliphatic heterocycles. The van der Waals surface area contributed by atoms with Crippen LogP contribution in [0.3, 0.4) is 0 Å². The largest absolute Gasteiger partial charge is 0.306 e. The summed E-state index contributed by atoms with van der Waals surface area (Å²) in [6.07, 6.45) is 5.87. The van der Waals surface area contributed by atoms with Crippen LogP contribution < -0.4 is 5.56 Å². The van der Waals surface area contributed by atoms with Gasteiger partial charge in [0.1, 0.15) is 5.82 Å². The van der Waals surface area contributed by atoms with Gasteiger partial charge in [-0.25, -0.2) is 4.98 Å². The summed E-state index contributed by atoms with van der Waals surface area (Å²) in [7, 11) is 0. The van der Waals surface area contributed by atoms with Crippen molar-refractivity contribution in [1.82, 2.24) is 24.8 Å². The number of rotatable bonds is 3. The van der Waals surface area contributed by atoms with E-state index in [0.717, 1.165) is 35.5 Å². The van der Waals surface area contributed by atoms with Crippen molar-refractivity contribution in [2.45, 2.75) is 19.5 Å². The van der Waals surface area contributed by atoms with E-state index in [1.807, 2.05) is 30.3 Å². The second kappa shape index (κ2) is 6.33. The molecule has 0 unspecified atom stereocenters. The van der Waals surface area contributed by atoms with Crippen molar-refractivity contribution < 1.29 is 0 Å². The number of H-pyrrole nitrogens is 1. The molecule has 4 rings (SSSR count). The van der Waals surface area contributed by atoms with Gasteiger partial charge in [-0.15, -0.1) is 0 Å². The topological polar surface area (TPSA) is 74.8 Å². The maximum absolute atomic E-state index is 12.5. The van der Waals surface area contributed by atoms with E-state index in [2.05, 4.69) is 24.8 Å². The third-order valence-corrected chi connectivity index (χ3v) is 4.20. The highest BCUT2D eigenvalue weighted by Crippen LogP contribution is 2.19. The van der Waals surface area contributed by atoms with E-state index in [1.54, 1.807) is 18.6 Å². The Bertz CT molecular complexity index is 892. The number of fused-ring (bicyclic) bond motifs is 1. The summed E-state index contributed by atoms with van der Waals surface area (Å²) in [4.78, 5) is 30.7. The molecule has 0 fully saturated rings. The minimum absolute atomic E-state index is 0.0531. The normalized spacial score (nSPS) is 14.3. The van der Waals surface area contributed by atoms with Crippen LogP contribution in [0.4, 0.5) is 0 Å². The summed E-state index contributed by atoms with van der Waals surface area (Å²) >= 11 is 0. The minimum atomic E-state index is -0.0531. The zero-order valence-electron chi connectivity index (χ0n) is 13.1. The molecule has 0 amide bonds. The van der Waals surface area contributed by atoms with Crippen LogP contribution in [0.5, 0.6) is 0 Å². The van der Waals surface area contributed by atoms with Crippen molar-refractivity contribution in [3.63, 3.8) is 0 Å². The molecule has 1 aromatic carbocycles. The highest BCUT2D eigenvalue weighted by molar-refractivity contribution is 5.54. The molecule has 0 spiro atoms. The predicted molar refractivity (Wildman–Crippen MR) is 90.1 cm³/mol. The molecule has 3 aromatic rings. The number of hydrogen-bond donors (Lipinski definition) is 1. The van der Waals surface area contributed by atoms with Gasteiger partial charge in [-0.1, -0.05) is 30.3 Å².